The molecule has 0 aliphatic rings. The zero-order valence-corrected chi connectivity index (χ0v) is 14.9. The number of halogens is 4. The minimum Gasteiger partial charge on any atom is -0.483 e. The summed E-state index contributed by atoms with van der Waals surface area (Å²) in [7, 11) is 0. The monoisotopic (exact) mass is 397 g/mol. The molecule has 2 aromatic heterocycles. The zero-order valence-electron chi connectivity index (χ0n) is 14.1. The van der Waals surface area contributed by atoms with E-state index >= 15 is 0 Å². The fourth-order valence-corrected chi connectivity index (χ4v) is 2.64. The molecule has 0 radical (unpaired) electrons. The van der Waals surface area contributed by atoms with Crippen LogP contribution in [0.15, 0.2) is 42.6 Å². The molecule has 2 N–H and O–H groups in total. The molecule has 0 bridgehead atoms. The van der Waals surface area contributed by atoms with Crippen molar-refractivity contribution in [3.05, 3.63) is 59.0 Å². The van der Waals surface area contributed by atoms with Gasteiger partial charge in [0.05, 0.1) is 17.9 Å². The molecule has 142 valence electrons. The molecule has 0 aliphatic heterocycles. The Balaban J connectivity index is 1.65. The number of pyridine rings is 1. The van der Waals surface area contributed by atoms with Gasteiger partial charge in [-0.3, -0.25) is 9.78 Å². The lowest BCUT2D eigenvalue weighted by molar-refractivity contribution is -0.153. The SMILES string of the molecule is CC(NC(=O)c1cc2ccc(Cl)cc2[nH]1)c1ccc(OCC(F)(F)F)cn1. The molecular formula is C18H15ClF3N3O2. The zero-order chi connectivity index (χ0) is 19.6. The summed E-state index contributed by atoms with van der Waals surface area (Å²) < 4.78 is 41.1. The Morgan fingerprint density at radius 2 is 2.07 bits per heavy atom. The van der Waals surface area contributed by atoms with Crippen molar-refractivity contribution in [3.63, 3.8) is 0 Å². The van der Waals surface area contributed by atoms with Crippen molar-refractivity contribution in [2.75, 3.05) is 6.61 Å². The highest BCUT2D eigenvalue weighted by Gasteiger charge is 2.28. The third-order valence-electron chi connectivity index (χ3n) is 3.78. The maximum atomic E-state index is 12.4. The standard InChI is InChI=1S/C18H15ClF3N3O2/c1-10(14-5-4-13(8-23-14)27-9-18(20,21)22)24-17(26)16-6-11-2-3-12(19)7-15(11)25-16/h2-8,10,25H,9H2,1H3,(H,24,26). The predicted molar refractivity (Wildman–Crippen MR) is 95.0 cm³/mol. The molecule has 1 atom stereocenters. The number of amides is 1. The van der Waals surface area contributed by atoms with Crippen molar-refractivity contribution < 1.29 is 22.7 Å². The van der Waals surface area contributed by atoms with Crippen LogP contribution in [-0.2, 0) is 0 Å². The van der Waals surface area contributed by atoms with Crippen LogP contribution in [0.5, 0.6) is 5.75 Å². The number of H-pyrrole nitrogens is 1. The number of nitrogens with one attached hydrogen (secondary N) is 2. The fraction of sp³-hybridized carbons (Fsp3) is 0.222. The average Bonchev–Trinajstić information content (AvgIpc) is 3.03. The first-order valence-corrected chi connectivity index (χ1v) is 8.34. The molecule has 2 heterocycles. The van der Waals surface area contributed by atoms with Gasteiger partial charge in [0.25, 0.3) is 5.91 Å². The van der Waals surface area contributed by atoms with E-state index in [1.165, 1.54) is 18.3 Å². The number of aromatic amines is 1. The molecule has 1 amide bonds. The lowest BCUT2D eigenvalue weighted by atomic mass is 10.2. The van der Waals surface area contributed by atoms with Gasteiger partial charge < -0.3 is 15.0 Å². The molecule has 9 heteroatoms. The van der Waals surface area contributed by atoms with Gasteiger partial charge in [0.1, 0.15) is 11.4 Å². The van der Waals surface area contributed by atoms with Crippen LogP contribution in [0.2, 0.25) is 5.02 Å². The molecule has 1 aromatic carbocycles. The van der Waals surface area contributed by atoms with Crippen molar-refractivity contribution in [1.29, 1.82) is 0 Å². The van der Waals surface area contributed by atoms with Gasteiger partial charge in [-0.1, -0.05) is 17.7 Å². The smallest absolute Gasteiger partial charge is 0.422 e. The number of benzene rings is 1. The average molecular weight is 398 g/mol. The van der Waals surface area contributed by atoms with Gasteiger partial charge >= 0.3 is 6.18 Å². The van der Waals surface area contributed by atoms with Crippen molar-refractivity contribution in [2.24, 2.45) is 0 Å². The Kier molecular flexibility index (Phi) is 5.27. The number of ether oxygens (including phenoxy) is 1. The third kappa shape index (κ3) is 4.91. The second-order valence-electron chi connectivity index (χ2n) is 5.93. The van der Waals surface area contributed by atoms with Gasteiger partial charge in [0.15, 0.2) is 6.61 Å². The number of nitrogens with zero attached hydrogens (tertiary/aromatic N) is 1. The summed E-state index contributed by atoms with van der Waals surface area (Å²) in [4.78, 5) is 19.4. The van der Waals surface area contributed by atoms with Crippen LogP contribution < -0.4 is 10.1 Å². The van der Waals surface area contributed by atoms with Gasteiger partial charge in [-0.05, 0) is 37.3 Å². The molecule has 0 fully saturated rings. The highest BCUT2D eigenvalue weighted by Crippen LogP contribution is 2.21. The van der Waals surface area contributed by atoms with Gasteiger partial charge in [-0.15, -0.1) is 0 Å². The molecule has 3 aromatic rings. The van der Waals surface area contributed by atoms with Crippen molar-refractivity contribution in [3.8, 4) is 5.75 Å². The first kappa shape index (κ1) is 19.0. The number of aromatic nitrogens is 2. The summed E-state index contributed by atoms with van der Waals surface area (Å²) in [6, 6.07) is 9.38. The number of carbonyl (C=O) groups excluding carboxylic acids is 1. The molecule has 0 spiro atoms. The summed E-state index contributed by atoms with van der Waals surface area (Å²) in [5, 5.41) is 4.18. The summed E-state index contributed by atoms with van der Waals surface area (Å²) in [6.45, 7) is 0.334. The number of hydrogen-bond acceptors (Lipinski definition) is 3. The third-order valence-corrected chi connectivity index (χ3v) is 4.02. The van der Waals surface area contributed by atoms with Gasteiger partial charge in [0.2, 0.25) is 0 Å². The van der Waals surface area contributed by atoms with E-state index < -0.39 is 18.8 Å². The molecule has 0 aliphatic carbocycles. The second-order valence-corrected chi connectivity index (χ2v) is 6.37. The highest BCUT2D eigenvalue weighted by atomic mass is 35.5. The minimum atomic E-state index is -4.41. The van der Waals surface area contributed by atoms with E-state index in [9.17, 15) is 18.0 Å². The fourth-order valence-electron chi connectivity index (χ4n) is 2.47. The number of alkyl halides is 3. The van der Waals surface area contributed by atoms with Crippen LogP contribution >= 0.6 is 11.6 Å². The van der Waals surface area contributed by atoms with E-state index in [0.717, 1.165) is 10.9 Å². The van der Waals surface area contributed by atoms with E-state index in [1.807, 2.05) is 0 Å². The first-order valence-electron chi connectivity index (χ1n) is 7.96. The van der Waals surface area contributed by atoms with E-state index in [-0.39, 0.29) is 11.7 Å². The maximum Gasteiger partial charge on any atom is 0.422 e. The molecule has 3 rings (SSSR count). The topological polar surface area (TPSA) is 67.0 Å². The molecule has 0 saturated heterocycles. The van der Waals surface area contributed by atoms with Crippen molar-refractivity contribution in [1.82, 2.24) is 15.3 Å². The summed E-state index contributed by atoms with van der Waals surface area (Å²) in [6.07, 6.45) is -3.22. The maximum absolute atomic E-state index is 12.4. The van der Waals surface area contributed by atoms with Crippen LogP contribution in [0.25, 0.3) is 10.9 Å². The number of rotatable bonds is 5. The lowest BCUT2D eigenvalue weighted by Gasteiger charge is -2.14. The van der Waals surface area contributed by atoms with Gasteiger partial charge in [0, 0.05) is 15.9 Å². The Morgan fingerprint density at radius 1 is 1.30 bits per heavy atom. The largest absolute Gasteiger partial charge is 0.483 e. The Labute approximate surface area is 157 Å². The molecule has 5 nitrogen and oxygen atoms in total. The second kappa shape index (κ2) is 7.48. The van der Waals surface area contributed by atoms with E-state index in [1.54, 1.807) is 31.2 Å². The number of hydrogen-bond donors (Lipinski definition) is 2. The molecule has 1 unspecified atom stereocenters. The Morgan fingerprint density at radius 3 is 2.74 bits per heavy atom. The summed E-state index contributed by atoms with van der Waals surface area (Å²) >= 11 is 5.93. The summed E-state index contributed by atoms with van der Waals surface area (Å²) in [5.41, 5.74) is 1.59. The van der Waals surface area contributed by atoms with Crippen molar-refractivity contribution in [2.45, 2.75) is 19.1 Å². The van der Waals surface area contributed by atoms with Gasteiger partial charge in [-0.25, -0.2) is 0 Å². The molecular weight excluding hydrogens is 383 g/mol. The number of carbonyl (C=O) groups is 1. The van der Waals surface area contributed by atoms with Crippen LogP contribution in [0.3, 0.4) is 0 Å². The molecule has 0 saturated carbocycles. The Hall–Kier alpha value is -2.74. The van der Waals surface area contributed by atoms with Crippen LogP contribution in [0.1, 0.15) is 29.1 Å². The van der Waals surface area contributed by atoms with Crippen molar-refractivity contribution >= 4 is 28.4 Å². The Bertz CT molecular complexity index is 955. The first-order chi connectivity index (χ1) is 12.7. The molecule has 27 heavy (non-hydrogen) atoms. The van der Waals surface area contributed by atoms with Crippen LogP contribution in [0, 0.1) is 0 Å². The lowest BCUT2D eigenvalue weighted by Crippen LogP contribution is -2.27. The predicted octanol–water partition coefficient (Wildman–Crippen LogP) is 4.65. The minimum absolute atomic E-state index is 0.00194. The van der Waals surface area contributed by atoms with E-state index in [2.05, 4.69) is 20.0 Å². The van der Waals surface area contributed by atoms with Crippen LogP contribution in [-0.4, -0.2) is 28.7 Å². The van der Waals surface area contributed by atoms with Gasteiger partial charge in [-0.2, -0.15) is 13.2 Å². The van der Waals surface area contributed by atoms with E-state index in [0.29, 0.717) is 16.4 Å². The normalized spacial score (nSPS) is 12.8. The quantitative estimate of drug-likeness (QED) is 0.658. The highest BCUT2D eigenvalue weighted by molar-refractivity contribution is 6.31. The van der Waals surface area contributed by atoms with Crippen LogP contribution in [0.4, 0.5) is 13.2 Å². The van der Waals surface area contributed by atoms with E-state index in [4.69, 9.17) is 11.6 Å². The number of fused-ring (bicyclic) bond motifs is 1. The summed E-state index contributed by atoms with van der Waals surface area (Å²) in [5.74, 6) is -0.337.